The van der Waals surface area contributed by atoms with Crippen molar-refractivity contribution in [3.8, 4) is 5.69 Å². The molecule has 0 aliphatic heterocycles. The van der Waals surface area contributed by atoms with Crippen LogP contribution in [-0.2, 0) is 9.84 Å². The van der Waals surface area contributed by atoms with Crippen molar-refractivity contribution in [1.29, 1.82) is 0 Å². The van der Waals surface area contributed by atoms with Crippen LogP contribution in [0, 0.1) is 0 Å². The van der Waals surface area contributed by atoms with E-state index in [9.17, 15) is 13.2 Å². The van der Waals surface area contributed by atoms with Crippen LogP contribution in [0.25, 0.3) is 15.9 Å². The first-order valence-electron chi connectivity index (χ1n) is 8.46. The van der Waals surface area contributed by atoms with Crippen molar-refractivity contribution in [2.24, 2.45) is 0 Å². The monoisotopic (exact) mass is 444 g/mol. The summed E-state index contributed by atoms with van der Waals surface area (Å²) in [6.45, 7) is 0. The lowest BCUT2D eigenvalue weighted by Gasteiger charge is -2.10. The smallest absolute Gasteiger partial charge is 0.276 e. The summed E-state index contributed by atoms with van der Waals surface area (Å²) < 4.78 is 26.0. The third-order valence-electron chi connectivity index (χ3n) is 4.17. The number of rotatable bonds is 5. The largest absolute Gasteiger partial charge is 0.296 e. The lowest BCUT2D eigenvalue weighted by molar-refractivity contribution is 0.102. The fraction of sp³-hybridized carbons (Fsp3) is 0.105. The molecule has 2 heterocycles. The number of benzene rings is 2. The van der Waals surface area contributed by atoms with Gasteiger partial charge in [-0.1, -0.05) is 41.3 Å². The van der Waals surface area contributed by atoms with Crippen LogP contribution < -0.4 is 5.32 Å². The number of nitrogens with zero attached hydrogens (tertiary/aromatic N) is 3. The van der Waals surface area contributed by atoms with Gasteiger partial charge in [0.05, 0.1) is 21.3 Å². The van der Waals surface area contributed by atoms with E-state index < -0.39 is 9.84 Å². The number of carbonyl (C=O) groups is 1. The first kappa shape index (κ1) is 19.6. The number of nitrogens with one attached hydrogen (secondary N) is 1. The minimum atomic E-state index is -3.31. The highest BCUT2D eigenvalue weighted by Crippen LogP contribution is 2.29. The van der Waals surface area contributed by atoms with Gasteiger partial charge in [0.1, 0.15) is 5.69 Å². The third kappa shape index (κ3) is 3.91. The number of sulfone groups is 1. The summed E-state index contributed by atoms with van der Waals surface area (Å²) >= 11 is 2.67. The van der Waals surface area contributed by atoms with Crippen LogP contribution in [0.15, 0.2) is 64.8 Å². The summed E-state index contributed by atoms with van der Waals surface area (Å²) in [6.07, 6.45) is 4.59. The summed E-state index contributed by atoms with van der Waals surface area (Å²) in [5, 5.41) is 3.89. The van der Waals surface area contributed by atoms with Crippen LogP contribution in [0.3, 0.4) is 0 Å². The summed E-state index contributed by atoms with van der Waals surface area (Å²) in [6, 6.07) is 14.2. The highest BCUT2D eigenvalue weighted by molar-refractivity contribution is 7.98. The van der Waals surface area contributed by atoms with E-state index in [1.54, 1.807) is 16.7 Å². The lowest BCUT2D eigenvalue weighted by Crippen LogP contribution is -2.16. The molecule has 1 N–H and O–H groups in total. The van der Waals surface area contributed by atoms with Crippen molar-refractivity contribution in [1.82, 2.24) is 14.5 Å². The van der Waals surface area contributed by atoms with Gasteiger partial charge in [-0.05, 0) is 36.6 Å². The van der Waals surface area contributed by atoms with Gasteiger partial charge in [-0.2, -0.15) is 0 Å². The zero-order valence-corrected chi connectivity index (χ0v) is 17.9. The molecule has 0 saturated carbocycles. The maximum atomic E-state index is 12.9. The van der Waals surface area contributed by atoms with Gasteiger partial charge in [-0.3, -0.25) is 14.7 Å². The number of fused-ring (bicyclic) bond motifs is 1. The van der Waals surface area contributed by atoms with Crippen LogP contribution in [-0.4, -0.2) is 41.4 Å². The number of anilines is 1. The Morgan fingerprint density at radius 1 is 1.17 bits per heavy atom. The molecule has 0 spiro atoms. The number of thioether (sulfide) groups is 1. The molecule has 7 nitrogen and oxygen atoms in total. The molecule has 0 bridgehead atoms. The highest BCUT2D eigenvalue weighted by atomic mass is 32.2. The lowest BCUT2D eigenvalue weighted by atomic mass is 10.3. The van der Waals surface area contributed by atoms with E-state index in [0.29, 0.717) is 26.2 Å². The highest BCUT2D eigenvalue weighted by Gasteiger charge is 2.19. The summed E-state index contributed by atoms with van der Waals surface area (Å²) in [5.74, 6) is -0.343. The van der Waals surface area contributed by atoms with Crippen LogP contribution in [0.4, 0.5) is 5.13 Å². The summed E-state index contributed by atoms with van der Waals surface area (Å²) in [7, 11) is -3.31. The van der Waals surface area contributed by atoms with Gasteiger partial charge >= 0.3 is 0 Å². The van der Waals surface area contributed by atoms with Crippen LogP contribution >= 0.6 is 23.1 Å². The molecule has 1 amide bonds. The molecule has 0 atom stereocenters. The van der Waals surface area contributed by atoms with Crippen LogP contribution in [0.5, 0.6) is 0 Å². The number of amides is 1. The summed E-state index contributed by atoms with van der Waals surface area (Å²) in [5.41, 5.74) is 1.84. The Labute approximate surface area is 175 Å². The van der Waals surface area contributed by atoms with Crippen molar-refractivity contribution in [3.63, 3.8) is 0 Å². The fourth-order valence-corrected chi connectivity index (χ4v) is 4.98. The number of aromatic nitrogens is 3. The molecular formula is C19H16N4O3S3. The molecule has 0 radical (unpaired) electrons. The molecule has 4 rings (SSSR count). The van der Waals surface area contributed by atoms with Crippen molar-refractivity contribution in [2.45, 2.75) is 10.1 Å². The Kier molecular flexibility index (Phi) is 5.15. The SMILES string of the molecule is CSc1ncc(C(=O)Nc2nc3ccc(S(C)(=O)=O)cc3s2)n1-c1ccccc1. The zero-order valence-electron chi connectivity index (χ0n) is 15.5. The summed E-state index contributed by atoms with van der Waals surface area (Å²) in [4.78, 5) is 21.9. The average molecular weight is 445 g/mol. The van der Waals surface area contributed by atoms with Crippen molar-refractivity contribution >= 4 is 54.2 Å². The van der Waals surface area contributed by atoms with E-state index in [2.05, 4.69) is 15.3 Å². The molecule has 0 aliphatic rings. The van der Waals surface area contributed by atoms with E-state index in [4.69, 9.17) is 0 Å². The maximum Gasteiger partial charge on any atom is 0.276 e. The Morgan fingerprint density at radius 2 is 1.93 bits per heavy atom. The molecular weight excluding hydrogens is 428 g/mol. The quantitative estimate of drug-likeness (QED) is 0.470. The molecule has 2 aromatic heterocycles. The maximum absolute atomic E-state index is 12.9. The van der Waals surface area contributed by atoms with E-state index in [1.807, 2.05) is 36.6 Å². The number of para-hydroxylation sites is 1. The minimum Gasteiger partial charge on any atom is -0.296 e. The Balaban J connectivity index is 1.68. The van der Waals surface area contributed by atoms with Gasteiger partial charge in [-0.25, -0.2) is 18.4 Å². The number of thiazole rings is 1. The van der Waals surface area contributed by atoms with Gasteiger partial charge in [-0.15, -0.1) is 0 Å². The van der Waals surface area contributed by atoms with Crippen LogP contribution in [0.1, 0.15) is 10.5 Å². The molecule has 29 heavy (non-hydrogen) atoms. The van der Waals surface area contributed by atoms with E-state index in [-0.39, 0.29) is 10.8 Å². The number of hydrogen-bond acceptors (Lipinski definition) is 7. The molecule has 0 fully saturated rings. The van der Waals surface area contributed by atoms with Gasteiger partial charge < -0.3 is 0 Å². The van der Waals surface area contributed by atoms with Gasteiger partial charge in [0.2, 0.25) is 0 Å². The zero-order chi connectivity index (χ0) is 20.6. The van der Waals surface area contributed by atoms with E-state index in [0.717, 1.165) is 11.9 Å². The molecule has 148 valence electrons. The minimum absolute atomic E-state index is 0.221. The Hall–Kier alpha value is -2.69. The molecule has 10 heteroatoms. The first-order chi connectivity index (χ1) is 13.9. The molecule has 4 aromatic rings. The molecule has 0 unspecified atom stereocenters. The number of carbonyl (C=O) groups excluding carboxylic acids is 1. The normalized spacial score (nSPS) is 11.7. The first-order valence-corrected chi connectivity index (χ1v) is 12.4. The van der Waals surface area contributed by atoms with E-state index >= 15 is 0 Å². The van der Waals surface area contributed by atoms with Gasteiger partial charge in [0.15, 0.2) is 20.1 Å². The van der Waals surface area contributed by atoms with Crippen molar-refractivity contribution < 1.29 is 13.2 Å². The standard InChI is InChI=1S/C19H16N4O3S3/c1-27-19-20-11-15(23(19)12-6-4-3-5-7-12)17(24)22-18-21-14-9-8-13(29(2,25)26)10-16(14)28-18/h3-11H,1-2H3,(H,21,22,24). The van der Waals surface area contributed by atoms with Gasteiger partial charge in [0.25, 0.3) is 5.91 Å². The van der Waals surface area contributed by atoms with Gasteiger partial charge in [0, 0.05) is 11.9 Å². The fourth-order valence-electron chi connectivity index (χ4n) is 2.82. The second-order valence-corrected chi connectivity index (χ2v) is 10.00. The predicted molar refractivity (Wildman–Crippen MR) is 116 cm³/mol. The predicted octanol–water partition coefficient (Wildman–Crippen LogP) is 3.86. The Morgan fingerprint density at radius 3 is 2.62 bits per heavy atom. The van der Waals surface area contributed by atoms with Crippen molar-refractivity contribution in [2.75, 3.05) is 17.8 Å². The molecule has 0 saturated heterocycles. The third-order valence-corrected chi connectivity index (χ3v) is 6.86. The van der Waals surface area contributed by atoms with Crippen molar-refractivity contribution in [3.05, 3.63) is 60.4 Å². The Bertz CT molecular complexity index is 1310. The van der Waals surface area contributed by atoms with E-state index in [1.165, 1.54) is 35.4 Å². The second kappa shape index (κ2) is 7.62. The topological polar surface area (TPSA) is 94.0 Å². The number of hydrogen-bond donors (Lipinski definition) is 1. The average Bonchev–Trinajstić information content (AvgIpc) is 3.30. The second-order valence-electron chi connectivity index (χ2n) is 6.18. The van der Waals surface area contributed by atoms with Crippen LogP contribution in [0.2, 0.25) is 0 Å². The molecule has 0 aliphatic carbocycles. The molecule has 2 aromatic carbocycles. The number of imidazole rings is 1.